The number of carbonyl (C=O) groups excluding carboxylic acids is 1. The van der Waals surface area contributed by atoms with Crippen molar-refractivity contribution in [2.75, 3.05) is 6.54 Å². The van der Waals surface area contributed by atoms with Crippen LogP contribution in [0.5, 0.6) is 0 Å². The molecule has 0 bridgehead atoms. The van der Waals surface area contributed by atoms with Gasteiger partial charge in [-0.15, -0.1) is 0 Å². The third kappa shape index (κ3) is 3.36. The topological polar surface area (TPSA) is 90.2 Å². The number of ether oxygens (including phenoxy) is 1. The fraction of sp³-hybridized carbons (Fsp3) is 0.889. The van der Waals surface area contributed by atoms with E-state index in [-0.39, 0.29) is 13.0 Å². The summed E-state index contributed by atoms with van der Waals surface area (Å²) in [5.41, 5.74) is -0.643. The molecule has 0 aromatic carbocycles. The second-order valence-corrected chi connectivity index (χ2v) is 5.00. The Bertz CT molecular complexity index is 265. The number of aliphatic hydroxyl groups is 1. The molecule has 0 spiro atoms. The first-order valence-corrected chi connectivity index (χ1v) is 5.24. The number of hydrogen-bond acceptors (Lipinski definition) is 5. The molecule has 0 aliphatic carbocycles. The molecule has 1 fully saturated rings. The number of β-amino-alcohol motifs (C(OH)–C–C–N with tert-alkyl or cyclic N) is 1. The van der Waals surface area contributed by atoms with Crippen molar-refractivity contribution in [1.82, 2.24) is 4.90 Å². The van der Waals surface area contributed by atoms with Crippen molar-refractivity contribution >= 4 is 13.2 Å². The molecule has 1 rings (SSSR count). The molecule has 1 heterocycles. The molecule has 0 aromatic rings. The standard InChI is InChI=1S/C9H18BNO5/c1-9(2,3)16-8(13)11-5-6(12)4-7(11)10(14)15/h6-7,12,14-15H,4-5H2,1-3H3/t6-,7-/m0/s1. The molecule has 1 aliphatic heterocycles. The van der Waals surface area contributed by atoms with E-state index in [1.54, 1.807) is 20.8 Å². The van der Waals surface area contributed by atoms with E-state index in [0.29, 0.717) is 0 Å². The summed E-state index contributed by atoms with van der Waals surface area (Å²) in [5, 5.41) is 27.6. The van der Waals surface area contributed by atoms with Crippen LogP contribution in [0.2, 0.25) is 0 Å². The Balaban J connectivity index is 2.67. The van der Waals surface area contributed by atoms with Gasteiger partial charge in [0.2, 0.25) is 0 Å². The Hall–Kier alpha value is -0.785. The van der Waals surface area contributed by atoms with Crippen molar-refractivity contribution in [1.29, 1.82) is 0 Å². The van der Waals surface area contributed by atoms with Gasteiger partial charge in [-0.1, -0.05) is 0 Å². The Labute approximate surface area is 95.0 Å². The zero-order valence-corrected chi connectivity index (χ0v) is 9.75. The van der Waals surface area contributed by atoms with Crippen LogP contribution in [0.4, 0.5) is 4.79 Å². The number of carbonyl (C=O) groups is 1. The molecule has 1 saturated heterocycles. The maximum absolute atomic E-state index is 11.7. The molecule has 0 unspecified atom stereocenters. The van der Waals surface area contributed by atoms with Crippen LogP contribution in [0.25, 0.3) is 0 Å². The minimum Gasteiger partial charge on any atom is -0.444 e. The molecule has 6 nitrogen and oxygen atoms in total. The Morgan fingerprint density at radius 2 is 2.00 bits per heavy atom. The highest BCUT2D eigenvalue weighted by Crippen LogP contribution is 2.21. The summed E-state index contributed by atoms with van der Waals surface area (Å²) in [4.78, 5) is 12.8. The number of amides is 1. The maximum atomic E-state index is 11.7. The van der Waals surface area contributed by atoms with Crippen LogP contribution in [0, 0.1) is 0 Å². The number of likely N-dealkylation sites (tertiary alicyclic amines) is 1. The number of rotatable bonds is 1. The van der Waals surface area contributed by atoms with Gasteiger partial charge in [0.15, 0.2) is 0 Å². The van der Waals surface area contributed by atoms with E-state index in [0.717, 1.165) is 4.90 Å². The Morgan fingerprint density at radius 1 is 1.44 bits per heavy atom. The van der Waals surface area contributed by atoms with Gasteiger partial charge in [0.25, 0.3) is 0 Å². The van der Waals surface area contributed by atoms with E-state index in [9.17, 15) is 9.90 Å². The fourth-order valence-electron chi connectivity index (χ4n) is 1.66. The van der Waals surface area contributed by atoms with Gasteiger partial charge >= 0.3 is 13.2 Å². The molecular weight excluding hydrogens is 213 g/mol. The summed E-state index contributed by atoms with van der Waals surface area (Å²) >= 11 is 0. The van der Waals surface area contributed by atoms with Crippen molar-refractivity contribution in [3.8, 4) is 0 Å². The predicted molar refractivity (Wildman–Crippen MR) is 57.5 cm³/mol. The lowest BCUT2D eigenvalue weighted by molar-refractivity contribution is 0.0232. The van der Waals surface area contributed by atoms with Gasteiger partial charge in [-0.3, -0.25) is 0 Å². The summed E-state index contributed by atoms with van der Waals surface area (Å²) in [6, 6.07) is 0. The molecule has 0 saturated carbocycles. The molecule has 1 amide bonds. The lowest BCUT2D eigenvalue weighted by atomic mass is 9.78. The van der Waals surface area contributed by atoms with Gasteiger partial charge in [-0.05, 0) is 27.2 Å². The molecule has 7 heteroatoms. The van der Waals surface area contributed by atoms with Crippen molar-refractivity contribution in [2.45, 2.75) is 44.8 Å². The monoisotopic (exact) mass is 231 g/mol. The summed E-state index contributed by atoms with van der Waals surface area (Å²) in [7, 11) is -1.66. The minimum absolute atomic E-state index is 0.0667. The van der Waals surface area contributed by atoms with Gasteiger partial charge < -0.3 is 24.8 Å². The second kappa shape index (κ2) is 4.61. The van der Waals surface area contributed by atoms with E-state index in [1.807, 2.05) is 0 Å². The van der Waals surface area contributed by atoms with Crippen LogP contribution >= 0.6 is 0 Å². The predicted octanol–water partition coefficient (Wildman–Crippen LogP) is -0.631. The third-order valence-electron chi connectivity index (χ3n) is 2.29. The van der Waals surface area contributed by atoms with E-state index in [2.05, 4.69) is 0 Å². The Kier molecular flexibility index (Phi) is 3.82. The zero-order valence-electron chi connectivity index (χ0n) is 9.75. The van der Waals surface area contributed by atoms with Gasteiger partial charge in [0.05, 0.1) is 12.0 Å². The first-order chi connectivity index (χ1) is 7.20. The molecular formula is C9H18BNO5. The largest absolute Gasteiger partial charge is 0.475 e. The molecule has 3 N–H and O–H groups in total. The van der Waals surface area contributed by atoms with Crippen LogP contribution in [-0.2, 0) is 4.74 Å². The normalized spacial score (nSPS) is 25.8. The molecule has 1 aliphatic rings. The third-order valence-corrected chi connectivity index (χ3v) is 2.29. The molecule has 0 aromatic heterocycles. The van der Waals surface area contributed by atoms with E-state index in [4.69, 9.17) is 14.8 Å². The van der Waals surface area contributed by atoms with Gasteiger partial charge in [0, 0.05) is 6.54 Å². The number of aliphatic hydroxyl groups excluding tert-OH is 1. The van der Waals surface area contributed by atoms with Crippen LogP contribution in [0.3, 0.4) is 0 Å². The van der Waals surface area contributed by atoms with Crippen LogP contribution in [0.15, 0.2) is 0 Å². The molecule has 2 atom stereocenters. The second-order valence-electron chi connectivity index (χ2n) is 5.00. The lowest BCUT2D eigenvalue weighted by Crippen LogP contribution is -2.47. The minimum atomic E-state index is -1.66. The average molecular weight is 231 g/mol. The lowest BCUT2D eigenvalue weighted by Gasteiger charge is -2.27. The highest BCUT2D eigenvalue weighted by Gasteiger charge is 2.42. The van der Waals surface area contributed by atoms with Crippen molar-refractivity contribution in [3.63, 3.8) is 0 Å². The van der Waals surface area contributed by atoms with Crippen molar-refractivity contribution in [3.05, 3.63) is 0 Å². The van der Waals surface area contributed by atoms with E-state index < -0.39 is 30.9 Å². The summed E-state index contributed by atoms with van der Waals surface area (Å²) in [6.07, 6.45) is -1.22. The summed E-state index contributed by atoms with van der Waals surface area (Å²) < 4.78 is 5.10. The van der Waals surface area contributed by atoms with E-state index >= 15 is 0 Å². The molecule has 92 valence electrons. The SMILES string of the molecule is CC(C)(C)OC(=O)N1C[C@@H](O)C[C@H]1B(O)O. The van der Waals surface area contributed by atoms with Gasteiger partial charge in [-0.2, -0.15) is 0 Å². The zero-order chi connectivity index (χ0) is 12.5. The van der Waals surface area contributed by atoms with Gasteiger partial charge in [0.1, 0.15) is 5.60 Å². The quantitative estimate of drug-likeness (QED) is 0.522. The first kappa shape index (κ1) is 13.3. The van der Waals surface area contributed by atoms with E-state index in [1.165, 1.54) is 0 Å². The summed E-state index contributed by atoms with van der Waals surface area (Å²) in [6.45, 7) is 5.24. The van der Waals surface area contributed by atoms with Crippen LogP contribution in [-0.4, -0.2) is 57.5 Å². The fourth-order valence-corrected chi connectivity index (χ4v) is 1.66. The van der Waals surface area contributed by atoms with Crippen LogP contribution in [0.1, 0.15) is 27.2 Å². The molecule has 0 radical (unpaired) electrons. The van der Waals surface area contributed by atoms with Crippen molar-refractivity contribution < 1.29 is 24.7 Å². The summed E-state index contributed by atoms with van der Waals surface area (Å²) in [5.74, 6) is -0.801. The smallest absolute Gasteiger partial charge is 0.444 e. The van der Waals surface area contributed by atoms with Crippen LogP contribution < -0.4 is 0 Å². The maximum Gasteiger partial charge on any atom is 0.475 e. The van der Waals surface area contributed by atoms with Gasteiger partial charge in [-0.25, -0.2) is 4.79 Å². The highest BCUT2D eigenvalue weighted by atomic mass is 16.6. The first-order valence-electron chi connectivity index (χ1n) is 5.24. The number of nitrogens with zero attached hydrogens (tertiary/aromatic N) is 1. The highest BCUT2D eigenvalue weighted by molar-refractivity contribution is 6.43. The molecule has 16 heavy (non-hydrogen) atoms. The van der Waals surface area contributed by atoms with Crippen molar-refractivity contribution in [2.24, 2.45) is 0 Å². The Morgan fingerprint density at radius 3 is 2.44 bits per heavy atom. The number of hydrogen-bond donors (Lipinski definition) is 3. The average Bonchev–Trinajstić information content (AvgIpc) is 2.44.